The Hall–Kier alpha value is -3.14. The number of piperidine rings is 1. The monoisotopic (exact) mass is 446 g/mol. The molecule has 0 radical (unpaired) electrons. The zero-order valence-corrected chi connectivity index (χ0v) is 18.4. The van der Waals surface area contributed by atoms with Crippen molar-refractivity contribution in [3.05, 3.63) is 58.1 Å². The highest BCUT2D eigenvalue weighted by Crippen LogP contribution is 2.27. The third-order valence-electron chi connectivity index (χ3n) is 5.23. The molecule has 31 heavy (non-hydrogen) atoms. The maximum atomic E-state index is 12.6. The predicted octanol–water partition coefficient (Wildman–Crippen LogP) is 3.30. The lowest BCUT2D eigenvalue weighted by Gasteiger charge is -2.29. The van der Waals surface area contributed by atoms with Crippen molar-refractivity contribution in [1.82, 2.24) is 0 Å². The predicted molar refractivity (Wildman–Crippen MR) is 121 cm³/mol. The number of carbonyl (C=O) groups excluding carboxylic acids is 1. The fraction of sp³-hybridized carbons (Fsp3) is 0.381. The number of sulfonamides is 1. The Balaban J connectivity index is 1.75. The number of carbonyl (C=O) groups is 1. The second kappa shape index (κ2) is 9.34. The lowest BCUT2D eigenvalue weighted by molar-refractivity contribution is -0.384. The largest absolute Gasteiger partial charge is 0.372 e. The molecule has 0 bridgehead atoms. The van der Waals surface area contributed by atoms with Crippen LogP contribution in [-0.4, -0.2) is 45.1 Å². The molecule has 0 saturated carbocycles. The van der Waals surface area contributed by atoms with Gasteiger partial charge < -0.3 is 10.2 Å². The van der Waals surface area contributed by atoms with Gasteiger partial charge in [-0.3, -0.25) is 19.2 Å². The van der Waals surface area contributed by atoms with Gasteiger partial charge in [0.15, 0.2) is 0 Å². The van der Waals surface area contributed by atoms with Crippen LogP contribution in [0.1, 0.15) is 24.8 Å². The molecule has 10 heteroatoms. The Bertz CT molecular complexity index is 1060. The van der Waals surface area contributed by atoms with Crippen LogP contribution in [-0.2, 0) is 14.8 Å². The average Bonchev–Trinajstić information content (AvgIpc) is 2.73. The SMILES string of the molecule is Cc1ccc([N+](=O)[O-])cc1N(CC(=O)Nc1ccc(N2CCCCC2)cc1)S(C)(=O)=O. The smallest absolute Gasteiger partial charge is 0.271 e. The van der Waals surface area contributed by atoms with Gasteiger partial charge in [-0.15, -0.1) is 0 Å². The van der Waals surface area contributed by atoms with Crippen LogP contribution in [0.15, 0.2) is 42.5 Å². The highest BCUT2D eigenvalue weighted by atomic mass is 32.2. The third kappa shape index (κ3) is 5.72. The number of rotatable bonds is 7. The molecule has 2 aromatic carbocycles. The Morgan fingerprint density at radius 2 is 1.77 bits per heavy atom. The Kier molecular flexibility index (Phi) is 6.79. The van der Waals surface area contributed by atoms with Crippen molar-refractivity contribution in [2.24, 2.45) is 0 Å². The molecule has 9 nitrogen and oxygen atoms in total. The van der Waals surface area contributed by atoms with E-state index in [2.05, 4.69) is 10.2 Å². The lowest BCUT2D eigenvalue weighted by atomic mass is 10.1. The molecule has 1 aliphatic heterocycles. The summed E-state index contributed by atoms with van der Waals surface area (Å²) in [5.41, 5.74) is 2.00. The topological polar surface area (TPSA) is 113 Å². The molecule has 0 atom stereocenters. The molecule has 1 fully saturated rings. The van der Waals surface area contributed by atoms with Gasteiger partial charge in [-0.2, -0.15) is 0 Å². The molecular formula is C21H26N4O5S. The summed E-state index contributed by atoms with van der Waals surface area (Å²) in [6, 6.07) is 11.3. The van der Waals surface area contributed by atoms with Crippen LogP contribution in [0.2, 0.25) is 0 Å². The molecule has 0 unspecified atom stereocenters. The molecule has 0 spiro atoms. The molecular weight excluding hydrogens is 420 g/mol. The van der Waals surface area contributed by atoms with E-state index in [4.69, 9.17) is 0 Å². The highest BCUT2D eigenvalue weighted by molar-refractivity contribution is 7.92. The van der Waals surface area contributed by atoms with Gasteiger partial charge in [0.2, 0.25) is 15.9 Å². The summed E-state index contributed by atoms with van der Waals surface area (Å²) in [4.78, 5) is 25.4. The number of hydrogen-bond acceptors (Lipinski definition) is 6. The number of hydrogen-bond donors (Lipinski definition) is 1. The Labute approximate surface area is 181 Å². The fourth-order valence-electron chi connectivity index (χ4n) is 3.60. The first-order valence-electron chi connectivity index (χ1n) is 10.0. The summed E-state index contributed by atoms with van der Waals surface area (Å²) in [5.74, 6) is -0.540. The summed E-state index contributed by atoms with van der Waals surface area (Å²) >= 11 is 0. The summed E-state index contributed by atoms with van der Waals surface area (Å²) in [5, 5.41) is 13.8. The minimum absolute atomic E-state index is 0.104. The van der Waals surface area contributed by atoms with E-state index in [0.29, 0.717) is 11.3 Å². The van der Waals surface area contributed by atoms with Gasteiger partial charge in [-0.25, -0.2) is 8.42 Å². The van der Waals surface area contributed by atoms with Gasteiger partial charge in [-0.1, -0.05) is 6.07 Å². The average molecular weight is 447 g/mol. The maximum Gasteiger partial charge on any atom is 0.271 e. The van der Waals surface area contributed by atoms with Crippen molar-refractivity contribution >= 4 is 38.7 Å². The second-order valence-electron chi connectivity index (χ2n) is 7.64. The van der Waals surface area contributed by atoms with Crippen molar-refractivity contribution < 1.29 is 18.1 Å². The van der Waals surface area contributed by atoms with Crippen LogP contribution < -0.4 is 14.5 Å². The van der Waals surface area contributed by atoms with Crippen molar-refractivity contribution in [1.29, 1.82) is 0 Å². The molecule has 1 saturated heterocycles. The summed E-state index contributed by atoms with van der Waals surface area (Å²) in [7, 11) is -3.85. The number of amides is 1. The van der Waals surface area contributed by atoms with Gasteiger partial charge in [0.05, 0.1) is 16.9 Å². The normalized spacial score (nSPS) is 14.2. The molecule has 1 N–H and O–H groups in total. The third-order valence-corrected chi connectivity index (χ3v) is 6.36. The Morgan fingerprint density at radius 3 is 2.35 bits per heavy atom. The number of nitrogens with one attached hydrogen (secondary N) is 1. The molecule has 2 aromatic rings. The minimum atomic E-state index is -3.85. The molecule has 3 rings (SSSR count). The van der Waals surface area contributed by atoms with E-state index in [0.717, 1.165) is 48.2 Å². The van der Waals surface area contributed by atoms with Gasteiger partial charge in [0.25, 0.3) is 5.69 Å². The number of anilines is 3. The highest BCUT2D eigenvalue weighted by Gasteiger charge is 2.24. The number of aryl methyl sites for hydroxylation is 1. The van der Waals surface area contributed by atoms with E-state index in [-0.39, 0.29) is 11.4 Å². The zero-order valence-electron chi connectivity index (χ0n) is 17.6. The number of nitro benzene ring substituents is 1. The summed E-state index contributed by atoms with van der Waals surface area (Å²) in [6.45, 7) is 3.17. The standard InChI is InChI=1S/C21H26N4O5S/c1-16-6-9-19(25(27)28)14-20(16)24(31(2,29)30)15-21(26)22-17-7-10-18(11-8-17)23-12-4-3-5-13-23/h6-11,14H,3-5,12-13,15H2,1-2H3,(H,22,26). The van der Waals surface area contributed by atoms with Crippen molar-refractivity contribution in [2.75, 3.05) is 40.4 Å². The molecule has 1 amide bonds. The molecule has 1 heterocycles. The molecule has 166 valence electrons. The molecule has 0 aliphatic carbocycles. The van der Waals surface area contributed by atoms with Gasteiger partial charge in [0, 0.05) is 36.6 Å². The van der Waals surface area contributed by atoms with E-state index < -0.39 is 27.4 Å². The van der Waals surface area contributed by atoms with Crippen LogP contribution in [0, 0.1) is 17.0 Å². The van der Waals surface area contributed by atoms with Crippen LogP contribution in [0.4, 0.5) is 22.7 Å². The van der Waals surface area contributed by atoms with E-state index >= 15 is 0 Å². The van der Waals surface area contributed by atoms with E-state index in [9.17, 15) is 23.3 Å². The first-order chi connectivity index (χ1) is 14.6. The minimum Gasteiger partial charge on any atom is -0.372 e. The number of nitro groups is 1. The van der Waals surface area contributed by atoms with E-state index in [1.165, 1.54) is 18.6 Å². The van der Waals surface area contributed by atoms with Crippen molar-refractivity contribution in [3.8, 4) is 0 Å². The van der Waals surface area contributed by atoms with Crippen molar-refractivity contribution in [2.45, 2.75) is 26.2 Å². The number of benzene rings is 2. The van der Waals surface area contributed by atoms with Crippen molar-refractivity contribution in [3.63, 3.8) is 0 Å². The lowest BCUT2D eigenvalue weighted by Crippen LogP contribution is -2.37. The first-order valence-corrected chi connectivity index (χ1v) is 11.9. The number of non-ortho nitro benzene ring substituents is 1. The number of nitrogens with zero attached hydrogens (tertiary/aromatic N) is 3. The van der Waals surface area contributed by atoms with Gasteiger partial charge in [0.1, 0.15) is 6.54 Å². The van der Waals surface area contributed by atoms with Crippen LogP contribution in [0.25, 0.3) is 0 Å². The quantitative estimate of drug-likeness (QED) is 0.516. The van der Waals surface area contributed by atoms with E-state index in [1.807, 2.05) is 12.1 Å². The van der Waals surface area contributed by atoms with E-state index in [1.54, 1.807) is 19.1 Å². The van der Waals surface area contributed by atoms with Gasteiger partial charge >= 0.3 is 0 Å². The van der Waals surface area contributed by atoms with Crippen LogP contribution >= 0.6 is 0 Å². The van der Waals surface area contributed by atoms with Gasteiger partial charge in [-0.05, 0) is 56.0 Å². The van der Waals surface area contributed by atoms with Crippen LogP contribution in [0.3, 0.4) is 0 Å². The second-order valence-corrected chi connectivity index (χ2v) is 9.55. The summed E-state index contributed by atoms with van der Waals surface area (Å²) in [6.07, 6.45) is 4.53. The Morgan fingerprint density at radius 1 is 1.13 bits per heavy atom. The molecule has 0 aromatic heterocycles. The fourth-order valence-corrected chi connectivity index (χ4v) is 4.51. The maximum absolute atomic E-state index is 12.6. The zero-order chi connectivity index (χ0) is 22.6. The summed E-state index contributed by atoms with van der Waals surface area (Å²) < 4.78 is 25.6. The molecule has 1 aliphatic rings. The first kappa shape index (κ1) is 22.5. The van der Waals surface area contributed by atoms with Crippen LogP contribution in [0.5, 0.6) is 0 Å².